The van der Waals surface area contributed by atoms with Crippen molar-refractivity contribution in [3.63, 3.8) is 0 Å². The lowest BCUT2D eigenvalue weighted by atomic mass is 10.1. The fraction of sp³-hybridized carbons (Fsp3) is 0.154. The van der Waals surface area contributed by atoms with E-state index >= 15 is 0 Å². The van der Waals surface area contributed by atoms with Gasteiger partial charge in [-0.2, -0.15) is 0 Å². The van der Waals surface area contributed by atoms with Gasteiger partial charge in [-0.3, -0.25) is 9.97 Å². The Balaban J connectivity index is 0.000000165. The fourth-order valence-electron chi connectivity index (χ4n) is 3.50. The smallest absolute Gasteiger partial charge is 0.0642 e. The Hall–Kier alpha value is -2.74. The summed E-state index contributed by atoms with van der Waals surface area (Å²) in [5.74, 6) is 0. The predicted octanol–water partition coefficient (Wildman–Crippen LogP) is 6.44. The summed E-state index contributed by atoms with van der Waals surface area (Å²) < 4.78 is 7.35. The van der Waals surface area contributed by atoms with Gasteiger partial charge in [0.25, 0.3) is 0 Å². The zero-order valence-corrected chi connectivity index (χ0v) is 21.2. The van der Waals surface area contributed by atoms with E-state index in [1.165, 1.54) is 11.3 Å². The number of morpholine rings is 1. The minimum atomic E-state index is 0.775. The molecule has 2 aromatic carbocycles. The predicted molar refractivity (Wildman–Crippen MR) is 142 cm³/mol. The van der Waals surface area contributed by atoms with Crippen LogP contribution in [0.3, 0.4) is 0 Å². The fourth-order valence-corrected chi connectivity index (χ4v) is 4.23. The Bertz CT molecular complexity index is 1180. The molecule has 5 rings (SSSR count). The van der Waals surface area contributed by atoms with Crippen LogP contribution in [0, 0.1) is 0 Å². The standard InChI is InChI=1S/C15H15BrN2O.C11H9BrN2/c16-14-9-13(10-17-11-14)12-1-3-15(4-2-12)18-5-7-19-8-6-18;12-10-5-9(6-14-7-10)8-1-3-11(13)4-2-8/h1-4,9-11H,5-8H2;1-7H,13H2. The van der Waals surface area contributed by atoms with Crippen LogP contribution in [0.15, 0.2) is 94.4 Å². The molecule has 0 unspecified atom stereocenters. The SMILES string of the molecule is Brc1cncc(-c2ccc(N3CCOCC3)cc2)c1.Nc1ccc(-c2cncc(Br)c2)cc1. The van der Waals surface area contributed by atoms with Crippen LogP contribution in [-0.4, -0.2) is 36.3 Å². The van der Waals surface area contributed by atoms with E-state index in [0.717, 1.165) is 57.6 Å². The molecule has 1 aliphatic heterocycles. The molecule has 1 aliphatic rings. The molecule has 7 heteroatoms. The lowest BCUT2D eigenvalue weighted by molar-refractivity contribution is 0.122. The first-order chi connectivity index (χ1) is 16.1. The number of nitrogens with two attached hydrogens (primary N) is 1. The molecule has 0 spiro atoms. The van der Waals surface area contributed by atoms with Crippen molar-refractivity contribution < 1.29 is 4.74 Å². The number of hydrogen-bond donors (Lipinski definition) is 1. The lowest BCUT2D eigenvalue weighted by Crippen LogP contribution is -2.36. The van der Waals surface area contributed by atoms with Gasteiger partial charge >= 0.3 is 0 Å². The van der Waals surface area contributed by atoms with E-state index in [2.05, 4.69) is 77.1 Å². The van der Waals surface area contributed by atoms with Crippen LogP contribution < -0.4 is 10.6 Å². The summed E-state index contributed by atoms with van der Waals surface area (Å²) in [5.41, 5.74) is 12.2. The summed E-state index contributed by atoms with van der Waals surface area (Å²) in [4.78, 5) is 10.7. The number of aromatic nitrogens is 2. The molecule has 33 heavy (non-hydrogen) atoms. The number of pyridine rings is 2. The quantitative estimate of drug-likeness (QED) is 0.289. The third-order valence-electron chi connectivity index (χ3n) is 5.23. The third kappa shape index (κ3) is 6.63. The number of nitrogens with zero attached hydrogens (tertiary/aromatic N) is 3. The molecule has 0 amide bonds. The summed E-state index contributed by atoms with van der Waals surface area (Å²) in [7, 11) is 0. The molecular weight excluding hydrogens is 544 g/mol. The molecule has 4 aromatic rings. The van der Waals surface area contributed by atoms with E-state index in [1.807, 2.05) is 42.7 Å². The first kappa shape index (κ1) is 23.4. The van der Waals surface area contributed by atoms with E-state index in [1.54, 1.807) is 12.4 Å². The van der Waals surface area contributed by atoms with Crippen LogP contribution in [0.5, 0.6) is 0 Å². The van der Waals surface area contributed by atoms with Crippen molar-refractivity contribution in [2.45, 2.75) is 0 Å². The number of halogens is 2. The van der Waals surface area contributed by atoms with Crippen LogP contribution in [-0.2, 0) is 4.74 Å². The number of benzene rings is 2. The van der Waals surface area contributed by atoms with E-state index in [-0.39, 0.29) is 0 Å². The summed E-state index contributed by atoms with van der Waals surface area (Å²) in [5, 5.41) is 0. The van der Waals surface area contributed by atoms with Gasteiger partial charge in [0.15, 0.2) is 0 Å². The van der Waals surface area contributed by atoms with Gasteiger partial charge in [0.1, 0.15) is 0 Å². The van der Waals surface area contributed by atoms with Crippen molar-refractivity contribution >= 4 is 43.2 Å². The Kier molecular flexibility index (Phi) is 8.10. The lowest BCUT2D eigenvalue weighted by Gasteiger charge is -2.28. The molecule has 0 saturated carbocycles. The van der Waals surface area contributed by atoms with Crippen molar-refractivity contribution in [1.29, 1.82) is 0 Å². The molecule has 2 aromatic heterocycles. The maximum absolute atomic E-state index is 5.61. The molecule has 168 valence electrons. The highest BCUT2D eigenvalue weighted by molar-refractivity contribution is 9.10. The topological polar surface area (TPSA) is 64.3 Å². The van der Waals surface area contributed by atoms with Gasteiger partial charge < -0.3 is 15.4 Å². The van der Waals surface area contributed by atoms with Crippen LogP contribution in [0.4, 0.5) is 11.4 Å². The van der Waals surface area contributed by atoms with Crippen LogP contribution in [0.1, 0.15) is 0 Å². The van der Waals surface area contributed by atoms with E-state index < -0.39 is 0 Å². The maximum Gasteiger partial charge on any atom is 0.0642 e. The summed E-state index contributed by atoms with van der Waals surface area (Å²) in [6.07, 6.45) is 7.27. The molecule has 0 radical (unpaired) electrons. The second-order valence-corrected chi connectivity index (χ2v) is 9.38. The Labute approximate surface area is 210 Å². The molecule has 0 bridgehead atoms. The normalized spacial score (nSPS) is 13.2. The number of nitrogen functional groups attached to an aromatic ring is 1. The minimum Gasteiger partial charge on any atom is -0.399 e. The van der Waals surface area contributed by atoms with Gasteiger partial charge in [-0.25, -0.2) is 0 Å². The van der Waals surface area contributed by atoms with Crippen molar-refractivity contribution in [3.8, 4) is 22.3 Å². The first-order valence-electron chi connectivity index (χ1n) is 10.6. The molecule has 1 saturated heterocycles. The highest BCUT2D eigenvalue weighted by atomic mass is 79.9. The van der Waals surface area contributed by atoms with Crippen molar-refractivity contribution in [2.75, 3.05) is 36.9 Å². The monoisotopic (exact) mass is 566 g/mol. The average molecular weight is 568 g/mol. The average Bonchev–Trinajstić information content (AvgIpc) is 2.86. The van der Waals surface area contributed by atoms with E-state index in [9.17, 15) is 0 Å². The largest absolute Gasteiger partial charge is 0.399 e. The van der Waals surface area contributed by atoms with Gasteiger partial charge in [-0.1, -0.05) is 24.3 Å². The maximum atomic E-state index is 5.61. The molecule has 0 atom stereocenters. The number of hydrogen-bond acceptors (Lipinski definition) is 5. The molecule has 5 nitrogen and oxygen atoms in total. The second-order valence-electron chi connectivity index (χ2n) is 7.55. The van der Waals surface area contributed by atoms with Crippen LogP contribution >= 0.6 is 31.9 Å². The summed E-state index contributed by atoms with van der Waals surface area (Å²) >= 11 is 6.84. The zero-order valence-electron chi connectivity index (χ0n) is 18.0. The van der Waals surface area contributed by atoms with Crippen LogP contribution in [0.2, 0.25) is 0 Å². The Morgan fingerprint density at radius 2 is 1.15 bits per heavy atom. The Morgan fingerprint density at radius 3 is 1.64 bits per heavy atom. The Morgan fingerprint density at radius 1 is 0.667 bits per heavy atom. The van der Waals surface area contributed by atoms with E-state index in [0.29, 0.717) is 0 Å². The highest BCUT2D eigenvalue weighted by Gasteiger charge is 2.11. The summed E-state index contributed by atoms with van der Waals surface area (Å²) in [6, 6.07) is 20.5. The van der Waals surface area contributed by atoms with Crippen molar-refractivity contribution in [2.24, 2.45) is 0 Å². The highest BCUT2D eigenvalue weighted by Crippen LogP contribution is 2.25. The first-order valence-corrected chi connectivity index (χ1v) is 12.2. The van der Waals surface area contributed by atoms with Gasteiger partial charge in [0.05, 0.1) is 13.2 Å². The number of rotatable bonds is 3. The third-order valence-corrected chi connectivity index (χ3v) is 6.10. The van der Waals surface area contributed by atoms with Crippen LogP contribution in [0.25, 0.3) is 22.3 Å². The molecule has 3 heterocycles. The number of ether oxygens (including phenoxy) is 1. The number of anilines is 2. The molecule has 0 aliphatic carbocycles. The van der Waals surface area contributed by atoms with Gasteiger partial charge in [-0.05, 0) is 79.4 Å². The minimum absolute atomic E-state index is 0.775. The molecule has 2 N–H and O–H groups in total. The van der Waals surface area contributed by atoms with Crippen molar-refractivity contribution in [3.05, 3.63) is 94.4 Å². The summed E-state index contributed by atoms with van der Waals surface area (Å²) in [6.45, 7) is 3.57. The van der Waals surface area contributed by atoms with E-state index in [4.69, 9.17) is 10.5 Å². The molecular formula is C26H24Br2N4O. The van der Waals surface area contributed by atoms with Gasteiger partial charge in [-0.15, -0.1) is 0 Å². The van der Waals surface area contributed by atoms with Gasteiger partial charge in [0.2, 0.25) is 0 Å². The second kappa shape index (κ2) is 11.4. The zero-order chi connectivity index (χ0) is 23.0. The van der Waals surface area contributed by atoms with Crippen molar-refractivity contribution in [1.82, 2.24) is 9.97 Å². The van der Waals surface area contributed by atoms with Gasteiger partial charge in [0, 0.05) is 69.3 Å². The molecule has 1 fully saturated rings.